The lowest BCUT2D eigenvalue weighted by Crippen LogP contribution is -2.17. The Morgan fingerprint density at radius 2 is 2.00 bits per heavy atom. The van der Waals surface area contributed by atoms with E-state index >= 15 is 0 Å². The average molecular weight is 474 g/mol. The van der Waals surface area contributed by atoms with Crippen LogP contribution in [0.5, 0.6) is 11.6 Å². The van der Waals surface area contributed by atoms with E-state index in [2.05, 4.69) is 27.2 Å². The van der Waals surface area contributed by atoms with Crippen molar-refractivity contribution in [1.29, 1.82) is 0 Å². The predicted molar refractivity (Wildman–Crippen MR) is 129 cm³/mol. The zero-order valence-electron chi connectivity index (χ0n) is 19.6. The van der Waals surface area contributed by atoms with Crippen LogP contribution in [0.15, 0.2) is 48.9 Å². The van der Waals surface area contributed by atoms with Crippen LogP contribution < -0.4 is 9.47 Å². The molecule has 1 atom stereocenters. The van der Waals surface area contributed by atoms with Gasteiger partial charge in [0.15, 0.2) is 0 Å². The van der Waals surface area contributed by atoms with Crippen LogP contribution in [0.1, 0.15) is 47.9 Å². The number of nitrogens with zero attached hydrogens (tertiary/aromatic N) is 5. The number of fused-ring (bicyclic) bond motifs is 2. The van der Waals surface area contributed by atoms with Crippen LogP contribution in [0.3, 0.4) is 0 Å². The number of hydrogen-bond donors (Lipinski definition) is 1. The fraction of sp³-hybridized carbons (Fsp3) is 0.346. The van der Waals surface area contributed by atoms with Gasteiger partial charge in [0.25, 0.3) is 0 Å². The second kappa shape index (κ2) is 10.1. The largest absolute Gasteiger partial charge is 0.493 e. The molecule has 35 heavy (non-hydrogen) atoms. The molecule has 0 saturated heterocycles. The van der Waals surface area contributed by atoms with E-state index in [1.54, 1.807) is 10.9 Å². The molecule has 0 aliphatic heterocycles. The number of hydrogen-bond acceptors (Lipinski definition) is 7. The van der Waals surface area contributed by atoms with E-state index in [4.69, 9.17) is 14.5 Å². The summed E-state index contributed by atoms with van der Waals surface area (Å²) in [7, 11) is 1.50. The molecule has 4 aromatic rings. The molecule has 0 radical (unpaired) electrons. The van der Waals surface area contributed by atoms with E-state index in [1.807, 2.05) is 18.2 Å². The summed E-state index contributed by atoms with van der Waals surface area (Å²) in [6, 6.07) is 9.38. The van der Waals surface area contributed by atoms with Gasteiger partial charge in [0, 0.05) is 23.2 Å². The van der Waals surface area contributed by atoms with E-state index in [9.17, 15) is 9.90 Å². The Hall–Kier alpha value is -4.01. The molecule has 1 aliphatic rings. The number of carboxylic acid groups (broad SMARTS) is 1. The summed E-state index contributed by atoms with van der Waals surface area (Å²) in [6.07, 6.45) is 9.92. The van der Waals surface area contributed by atoms with Crippen molar-refractivity contribution in [2.45, 2.75) is 44.6 Å². The molecule has 1 unspecified atom stereocenters. The van der Waals surface area contributed by atoms with Crippen molar-refractivity contribution in [2.24, 2.45) is 0 Å². The predicted octanol–water partition coefficient (Wildman–Crippen LogP) is 3.79. The molecule has 0 spiro atoms. The fourth-order valence-corrected chi connectivity index (χ4v) is 4.49. The van der Waals surface area contributed by atoms with Crippen LogP contribution in [-0.4, -0.2) is 49.5 Å². The Kier molecular flexibility index (Phi) is 6.56. The third kappa shape index (κ3) is 5.08. The van der Waals surface area contributed by atoms with Crippen molar-refractivity contribution < 1.29 is 19.4 Å². The lowest BCUT2D eigenvalue weighted by Gasteiger charge is -2.16. The van der Waals surface area contributed by atoms with Crippen molar-refractivity contribution in [2.75, 3.05) is 13.7 Å². The highest BCUT2D eigenvalue weighted by Crippen LogP contribution is 2.28. The molecule has 1 aromatic carbocycles. The first-order valence-electron chi connectivity index (χ1n) is 11.8. The molecule has 0 saturated carbocycles. The highest BCUT2D eigenvalue weighted by atomic mass is 16.5. The topological polar surface area (TPSA) is 112 Å². The standard InChI is InChI=1S/C26H27N5O4/c1-34-25-16-27-22(15-28-25)24(13-26(32)33)31-23-9-8-20(12-18(23)14-29-31)35-11-10-19-7-6-17-4-2-3-5-21(17)30-19/h6-9,12,14-16,24H,2-5,10-11,13H2,1H3,(H,32,33). The Labute approximate surface area is 202 Å². The number of ether oxygens (including phenoxy) is 2. The van der Waals surface area contributed by atoms with Gasteiger partial charge in [-0.25, -0.2) is 4.98 Å². The molecular weight excluding hydrogens is 446 g/mol. The fourth-order valence-electron chi connectivity index (χ4n) is 4.49. The van der Waals surface area contributed by atoms with Gasteiger partial charge in [0.1, 0.15) is 11.8 Å². The SMILES string of the molecule is COc1cnc(C(CC(=O)O)n2ncc3cc(OCCc4ccc5c(n4)CCCC5)ccc32)cn1. The minimum atomic E-state index is -0.952. The van der Waals surface area contributed by atoms with Gasteiger partial charge in [-0.2, -0.15) is 5.10 Å². The van der Waals surface area contributed by atoms with Crippen LogP contribution in [0.25, 0.3) is 10.9 Å². The van der Waals surface area contributed by atoms with E-state index in [-0.39, 0.29) is 6.42 Å². The minimum absolute atomic E-state index is 0.177. The van der Waals surface area contributed by atoms with Crippen molar-refractivity contribution >= 4 is 16.9 Å². The molecule has 3 aromatic heterocycles. The summed E-state index contributed by atoms with van der Waals surface area (Å²) >= 11 is 0. The molecule has 180 valence electrons. The number of carbonyl (C=O) groups is 1. The van der Waals surface area contributed by atoms with E-state index in [0.29, 0.717) is 18.2 Å². The van der Waals surface area contributed by atoms with Crippen molar-refractivity contribution in [3.63, 3.8) is 0 Å². The van der Waals surface area contributed by atoms with Crippen molar-refractivity contribution in [3.8, 4) is 11.6 Å². The third-order valence-corrected chi connectivity index (χ3v) is 6.29. The maximum absolute atomic E-state index is 11.6. The lowest BCUT2D eigenvalue weighted by molar-refractivity contribution is -0.137. The Morgan fingerprint density at radius 1 is 1.11 bits per heavy atom. The summed E-state index contributed by atoms with van der Waals surface area (Å²) in [6.45, 7) is 0.522. The van der Waals surface area contributed by atoms with Crippen LogP contribution in [0.4, 0.5) is 0 Å². The summed E-state index contributed by atoms with van der Waals surface area (Å²) in [4.78, 5) is 24.9. The molecule has 0 amide bonds. The summed E-state index contributed by atoms with van der Waals surface area (Å²) in [5.74, 6) is 0.140. The molecule has 1 N–H and O–H groups in total. The van der Waals surface area contributed by atoms with Gasteiger partial charge in [-0.15, -0.1) is 0 Å². The Balaban J connectivity index is 1.30. The monoisotopic (exact) mass is 473 g/mol. The van der Waals surface area contributed by atoms with Gasteiger partial charge < -0.3 is 14.6 Å². The van der Waals surface area contributed by atoms with Crippen LogP contribution in [0, 0.1) is 0 Å². The molecule has 0 fully saturated rings. The quantitative estimate of drug-likeness (QED) is 0.391. The minimum Gasteiger partial charge on any atom is -0.493 e. The Morgan fingerprint density at radius 3 is 2.80 bits per heavy atom. The first-order chi connectivity index (χ1) is 17.1. The highest BCUT2D eigenvalue weighted by molar-refractivity contribution is 5.80. The van der Waals surface area contributed by atoms with Gasteiger partial charge in [0.2, 0.25) is 5.88 Å². The molecule has 3 heterocycles. The molecule has 5 rings (SSSR count). The maximum Gasteiger partial charge on any atom is 0.305 e. The first-order valence-corrected chi connectivity index (χ1v) is 11.8. The number of methoxy groups -OCH3 is 1. The normalized spacial score (nSPS) is 13.9. The van der Waals surface area contributed by atoms with E-state index in [0.717, 1.165) is 41.6 Å². The second-order valence-electron chi connectivity index (χ2n) is 8.62. The summed E-state index contributed by atoms with van der Waals surface area (Å²) < 4.78 is 12.7. The average Bonchev–Trinajstić information content (AvgIpc) is 3.30. The van der Waals surface area contributed by atoms with Crippen molar-refractivity contribution in [3.05, 3.63) is 71.6 Å². The number of aliphatic carboxylic acids is 1. The molecular formula is C26H27N5O4. The molecule has 1 aliphatic carbocycles. The third-order valence-electron chi connectivity index (χ3n) is 6.29. The zero-order valence-corrected chi connectivity index (χ0v) is 19.6. The van der Waals surface area contributed by atoms with Gasteiger partial charge in [-0.05, 0) is 55.5 Å². The second-order valence-corrected chi connectivity index (χ2v) is 8.62. The van der Waals surface area contributed by atoms with E-state index in [1.165, 1.54) is 43.6 Å². The number of benzene rings is 1. The maximum atomic E-state index is 11.6. The molecule has 9 nitrogen and oxygen atoms in total. The van der Waals surface area contributed by atoms with Crippen molar-refractivity contribution in [1.82, 2.24) is 24.7 Å². The number of rotatable bonds is 9. The van der Waals surface area contributed by atoms with E-state index < -0.39 is 12.0 Å². The van der Waals surface area contributed by atoms with Crippen LogP contribution >= 0.6 is 0 Å². The first kappa shape index (κ1) is 22.8. The summed E-state index contributed by atoms with van der Waals surface area (Å²) in [5.41, 5.74) is 4.95. The molecule has 9 heteroatoms. The van der Waals surface area contributed by atoms with Gasteiger partial charge in [-0.1, -0.05) is 6.07 Å². The number of carboxylic acids is 1. The number of aryl methyl sites for hydroxylation is 2. The Bertz CT molecular complexity index is 1340. The van der Waals surface area contributed by atoms with Gasteiger partial charge in [-0.3, -0.25) is 19.4 Å². The highest BCUT2D eigenvalue weighted by Gasteiger charge is 2.22. The summed E-state index contributed by atoms with van der Waals surface area (Å²) in [5, 5.41) is 14.8. The van der Waals surface area contributed by atoms with Crippen LogP contribution in [0.2, 0.25) is 0 Å². The lowest BCUT2D eigenvalue weighted by atomic mass is 9.96. The van der Waals surface area contributed by atoms with Gasteiger partial charge >= 0.3 is 5.97 Å². The number of aromatic nitrogens is 5. The smallest absolute Gasteiger partial charge is 0.305 e. The molecule has 0 bridgehead atoms. The van der Waals surface area contributed by atoms with Crippen LogP contribution in [-0.2, 0) is 24.1 Å². The zero-order chi connectivity index (χ0) is 24.2. The van der Waals surface area contributed by atoms with Gasteiger partial charge in [0.05, 0.1) is 49.9 Å². The number of pyridine rings is 1.